The molecule has 0 bridgehead atoms. The molecule has 2 saturated heterocycles. The third kappa shape index (κ3) is 10.3. The number of hydrogen-bond acceptors (Lipinski definition) is 8. The van der Waals surface area contributed by atoms with Gasteiger partial charge >= 0.3 is 17.9 Å². The molecule has 14 heteroatoms. The van der Waals surface area contributed by atoms with Crippen molar-refractivity contribution in [2.24, 2.45) is 11.8 Å². The van der Waals surface area contributed by atoms with Crippen LogP contribution >= 0.6 is 0 Å². The van der Waals surface area contributed by atoms with Crippen molar-refractivity contribution in [2.45, 2.75) is 51.7 Å². The number of ketones is 2. The number of halogens is 4. The summed E-state index contributed by atoms with van der Waals surface area (Å²) in [6, 6.07) is 16.1. The number of carbonyl (C=O) groups excluding carboxylic acids is 3. The van der Waals surface area contributed by atoms with Gasteiger partial charge in [0.05, 0.1) is 5.56 Å². The van der Waals surface area contributed by atoms with E-state index in [9.17, 15) is 27.6 Å². The maximum atomic E-state index is 15.1. The maximum absolute atomic E-state index is 15.1. The highest BCUT2D eigenvalue weighted by Gasteiger charge is 2.33. The summed E-state index contributed by atoms with van der Waals surface area (Å²) >= 11 is -0.750. The number of nitrogens with zero attached hydrogens (tertiary/aromatic N) is 3. The summed E-state index contributed by atoms with van der Waals surface area (Å²) in [4.78, 5) is 46.6. The zero-order chi connectivity index (χ0) is 34.8. The molecule has 3 heterocycles. The van der Waals surface area contributed by atoms with Gasteiger partial charge in [-0.2, -0.15) is 8.42 Å². The first-order valence-electron chi connectivity index (χ1n) is 15.4. The van der Waals surface area contributed by atoms with Crippen molar-refractivity contribution in [3.63, 3.8) is 0 Å². The van der Waals surface area contributed by atoms with Gasteiger partial charge in [-0.05, 0) is 68.5 Å². The minimum atomic E-state index is -4.76. The Morgan fingerprint density at radius 1 is 0.896 bits per heavy atom. The van der Waals surface area contributed by atoms with Crippen molar-refractivity contribution in [2.75, 3.05) is 26.2 Å². The summed E-state index contributed by atoms with van der Waals surface area (Å²) in [5.74, 6) is -1.34. The highest BCUT2D eigenvalue weighted by Crippen LogP contribution is 2.28. The fourth-order valence-corrected chi connectivity index (χ4v) is 5.95. The van der Waals surface area contributed by atoms with Crippen LogP contribution in [0.3, 0.4) is 0 Å². The van der Waals surface area contributed by atoms with E-state index < -0.39 is 30.0 Å². The Morgan fingerprint density at radius 3 is 2.08 bits per heavy atom. The number of Topliss-reactive ketones (excluding diaryl/α,β-unsaturated/α-hetero) is 2. The molecule has 5 rings (SSSR count). The van der Waals surface area contributed by atoms with E-state index in [4.69, 9.17) is 8.42 Å². The predicted octanol–water partition coefficient (Wildman–Crippen LogP) is 5.79. The molecule has 2 atom stereocenters. The molecule has 1 amide bonds. The Morgan fingerprint density at radius 2 is 1.52 bits per heavy atom. The summed E-state index contributed by atoms with van der Waals surface area (Å²) in [6.45, 7) is 3.88. The Labute approximate surface area is 278 Å². The minimum Gasteiger partial charge on any atom is -0.406 e. The Bertz CT molecular complexity index is 1590. The van der Waals surface area contributed by atoms with Crippen LogP contribution in [0.25, 0.3) is 0 Å². The summed E-state index contributed by atoms with van der Waals surface area (Å²) in [7, 11) is 0. The number of carbonyl (C=O) groups is 3. The van der Waals surface area contributed by atoms with Crippen LogP contribution in [-0.4, -0.2) is 79.4 Å². The summed E-state index contributed by atoms with van der Waals surface area (Å²) in [6.07, 6.45) is -3.05. The molecule has 2 aliphatic rings. The molecule has 2 aliphatic heterocycles. The third-order valence-corrected chi connectivity index (χ3v) is 8.56. The molecule has 1 unspecified atom stereocenters. The Hall–Kier alpha value is -4.30. The van der Waals surface area contributed by atoms with Crippen molar-refractivity contribution in [1.29, 1.82) is 0 Å². The average Bonchev–Trinajstić information content (AvgIpc) is 3.06. The van der Waals surface area contributed by atoms with E-state index in [1.54, 1.807) is 11.0 Å². The lowest BCUT2D eigenvalue weighted by molar-refractivity contribution is -0.274. The number of benzene rings is 2. The Balaban J connectivity index is 0.00000167. The molecular formula is C34H35F4N3O6S. The predicted molar refractivity (Wildman–Crippen MR) is 168 cm³/mol. The van der Waals surface area contributed by atoms with Gasteiger partial charge in [-0.25, -0.2) is 4.39 Å². The molecule has 0 spiro atoms. The fraction of sp³-hybridized carbons (Fsp3) is 0.412. The van der Waals surface area contributed by atoms with Crippen LogP contribution in [0.2, 0.25) is 0 Å². The van der Waals surface area contributed by atoms with Crippen LogP contribution in [0, 0.1) is 18.8 Å². The number of hydrogen-bond donors (Lipinski definition) is 0. The molecular weight excluding hydrogens is 654 g/mol. The number of piperidine rings is 2. The molecule has 2 aromatic carbocycles. The third-order valence-electron chi connectivity index (χ3n) is 8.56. The first-order chi connectivity index (χ1) is 22.9. The largest absolute Gasteiger partial charge is 0.573 e. The minimum absolute atomic E-state index is 0.0126. The van der Waals surface area contributed by atoms with Gasteiger partial charge in [0.15, 0.2) is 11.6 Å². The molecule has 9 nitrogen and oxygen atoms in total. The fourth-order valence-electron chi connectivity index (χ4n) is 5.95. The van der Waals surface area contributed by atoms with E-state index in [2.05, 4.69) is 9.72 Å². The normalized spacial score (nSPS) is 18.7. The lowest BCUT2D eigenvalue weighted by atomic mass is 9.88. The van der Waals surface area contributed by atoms with Gasteiger partial charge in [0.2, 0.25) is 0 Å². The number of pyridine rings is 1. The lowest BCUT2D eigenvalue weighted by Crippen LogP contribution is -2.42. The highest BCUT2D eigenvalue weighted by molar-refractivity contribution is 7.51. The highest BCUT2D eigenvalue weighted by atomic mass is 32.1. The standard InChI is InChI=1S/C34H35F4N3O4.O2S/c1-22-2-6-24(7-3-22)32(43)25-13-16-41(17-14-25)33(44)27-8-11-30(39-19-27)31(42)18-26-12-15-40(21-29(26)35)20-23-4-9-28(10-5-23)45-34(36,37)38;1-3-2/h2-11,19,25-26,29H,12-18,20-21H2,1H3;/t26?,29-;/m1./s1. The molecule has 0 aliphatic carbocycles. The molecule has 0 radical (unpaired) electrons. The number of rotatable bonds is 9. The monoisotopic (exact) mass is 689 g/mol. The van der Waals surface area contributed by atoms with E-state index in [0.717, 1.165) is 11.1 Å². The molecule has 0 N–H and O–H groups in total. The van der Waals surface area contributed by atoms with Crippen LogP contribution in [0.15, 0.2) is 66.9 Å². The zero-order valence-electron chi connectivity index (χ0n) is 26.2. The van der Waals surface area contributed by atoms with E-state index in [-0.39, 0.29) is 47.8 Å². The number of amides is 1. The molecule has 0 saturated carbocycles. The Kier molecular flexibility index (Phi) is 12.7. The van der Waals surface area contributed by atoms with Crippen molar-refractivity contribution in [3.05, 3.63) is 94.8 Å². The second-order valence-electron chi connectivity index (χ2n) is 11.9. The molecule has 48 heavy (non-hydrogen) atoms. The van der Waals surface area contributed by atoms with Gasteiger partial charge < -0.3 is 9.64 Å². The van der Waals surface area contributed by atoms with E-state index in [1.807, 2.05) is 36.1 Å². The maximum Gasteiger partial charge on any atom is 0.573 e. The van der Waals surface area contributed by atoms with E-state index in [1.165, 1.54) is 36.5 Å². The number of likely N-dealkylation sites (tertiary alicyclic amines) is 2. The first-order valence-corrected chi connectivity index (χ1v) is 16.1. The van der Waals surface area contributed by atoms with Gasteiger partial charge in [0, 0.05) is 50.3 Å². The number of aromatic nitrogens is 1. The smallest absolute Gasteiger partial charge is 0.406 e. The van der Waals surface area contributed by atoms with Crippen molar-refractivity contribution in [3.8, 4) is 5.75 Å². The summed E-state index contributed by atoms with van der Waals surface area (Å²) in [5, 5.41) is 0. The van der Waals surface area contributed by atoms with Gasteiger partial charge in [0.1, 0.15) is 17.6 Å². The topological polar surface area (TPSA) is 114 Å². The van der Waals surface area contributed by atoms with Crippen molar-refractivity contribution < 1.29 is 45.1 Å². The summed E-state index contributed by atoms with van der Waals surface area (Å²) in [5.41, 5.74) is 3.03. The second-order valence-corrected chi connectivity index (χ2v) is 12.1. The first kappa shape index (κ1) is 36.5. The van der Waals surface area contributed by atoms with Crippen molar-refractivity contribution >= 4 is 29.0 Å². The van der Waals surface area contributed by atoms with Crippen molar-refractivity contribution in [1.82, 2.24) is 14.8 Å². The SMILES string of the molecule is Cc1ccc(C(=O)C2CCN(C(=O)c3ccc(C(=O)CC4CCN(Cc5ccc(OC(F)(F)F)cc5)C[C@H]4F)nc3)CC2)cc1.O=S=O. The van der Waals surface area contributed by atoms with Crippen LogP contribution in [0.4, 0.5) is 17.6 Å². The molecule has 1 aromatic heterocycles. The number of ether oxygens (including phenoxy) is 1. The second kappa shape index (κ2) is 16.7. The van der Waals surface area contributed by atoms with Gasteiger partial charge in [-0.3, -0.25) is 24.3 Å². The molecule has 2 fully saturated rings. The molecule has 256 valence electrons. The van der Waals surface area contributed by atoms with E-state index >= 15 is 4.39 Å². The summed E-state index contributed by atoms with van der Waals surface area (Å²) < 4.78 is 72.6. The van der Waals surface area contributed by atoms with Gasteiger partial charge in [-0.15, -0.1) is 13.2 Å². The lowest BCUT2D eigenvalue weighted by Gasteiger charge is -2.34. The van der Waals surface area contributed by atoms with Crippen LogP contribution in [-0.2, 0) is 18.1 Å². The van der Waals surface area contributed by atoms with Gasteiger partial charge in [-0.1, -0.05) is 42.0 Å². The van der Waals surface area contributed by atoms with E-state index in [0.29, 0.717) is 56.6 Å². The number of alkyl halides is 4. The van der Waals surface area contributed by atoms with Crippen LogP contribution in [0.1, 0.15) is 68.0 Å². The van der Waals surface area contributed by atoms with Crippen LogP contribution < -0.4 is 4.74 Å². The molecule has 3 aromatic rings. The van der Waals surface area contributed by atoms with Gasteiger partial charge in [0.25, 0.3) is 5.91 Å². The van der Waals surface area contributed by atoms with Crippen LogP contribution in [0.5, 0.6) is 5.75 Å². The zero-order valence-corrected chi connectivity index (χ0v) is 27.0. The average molecular weight is 690 g/mol. The quantitative estimate of drug-likeness (QED) is 0.205. The number of aryl methyl sites for hydroxylation is 1.